The van der Waals surface area contributed by atoms with Crippen LogP contribution in [-0.2, 0) is 5.60 Å². The van der Waals surface area contributed by atoms with E-state index in [4.69, 9.17) is 20.9 Å². The number of allylic oxidation sites excluding steroid dienone is 2. The van der Waals surface area contributed by atoms with Crippen LogP contribution in [0.15, 0.2) is 96.6 Å². The van der Waals surface area contributed by atoms with Gasteiger partial charge in [-0.1, -0.05) is 42.8 Å². The molecule has 0 aliphatic heterocycles. The summed E-state index contributed by atoms with van der Waals surface area (Å²) in [5.41, 5.74) is 14.6. The summed E-state index contributed by atoms with van der Waals surface area (Å²) in [4.78, 5) is 0. The number of nitrogen functional groups attached to an aromatic ring is 2. The van der Waals surface area contributed by atoms with E-state index in [2.05, 4.69) is 31.2 Å². The van der Waals surface area contributed by atoms with Crippen molar-refractivity contribution >= 4 is 11.4 Å². The van der Waals surface area contributed by atoms with E-state index in [0.29, 0.717) is 17.8 Å². The Balaban J connectivity index is 1.74. The summed E-state index contributed by atoms with van der Waals surface area (Å²) < 4.78 is 12.8. The van der Waals surface area contributed by atoms with Crippen molar-refractivity contribution < 1.29 is 9.47 Å². The van der Waals surface area contributed by atoms with Gasteiger partial charge in [-0.25, -0.2) is 0 Å². The summed E-state index contributed by atoms with van der Waals surface area (Å²) in [6, 6.07) is 22.9. The minimum Gasteiger partial charge on any atom is -0.478 e. The highest BCUT2D eigenvalue weighted by atomic mass is 16.5. The van der Waals surface area contributed by atoms with Gasteiger partial charge < -0.3 is 20.9 Å². The predicted octanol–water partition coefficient (Wildman–Crippen LogP) is 6.21. The van der Waals surface area contributed by atoms with Gasteiger partial charge in [0.25, 0.3) is 0 Å². The van der Waals surface area contributed by atoms with Crippen molar-refractivity contribution in [1.82, 2.24) is 0 Å². The van der Waals surface area contributed by atoms with E-state index < -0.39 is 5.60 Å². The zero-order chi connectivity index (χ0) is 21.0. The van der Waals surface area contributed by atoms with Gasteiger partial charge in [0, 0.05) is 23.4 Å². The van der Waals surface area contributed by atoms with Crippen molar-refractivity contribution in [2.24, 2.45) is 0 Å². The fraction of sp³-hybridized carbons (Fsp3) is 0.154. The molecule has 0 heterocycles. The van der Waals surface area contributed by atoms with Gasteiger partial charge in [-0.2, -0.15) is 0 Å². The van der Waals surface area contributed by atoms with Crippen LogP contribution in [0.25, 0.3) is 0 Å². The molecule has 1 atom stereocenters. The molecule has 30 heavy (non-hydrogen) atoms. The second kappa shape index (κ2) is 8.37. The van der Waals surface area contributed by atoms with Crippen molar-refractivity contribution in [2.75, 3.05) is 11.5 Å². The van der Waals surface area contributed by atoms with Crippen LogP contribution in [-0.4, -0.2) is 0 Å². The summed E-state index contributed by atoms with van der Waals surface area (Å²) >= 11 is 0. The molecule has 4 heteroatoms. The number of hydrogen-bond acceptors (Lipinski definition) is 4. The SMILES string of the molecule is CCC1=CCC(Oc2ccc(N)cc2)(c2ccccc2Oc2ccc(N)cc2)C=C1. The Hall–Kier alpha value is -3.66. The zero-order valence-electron chi connectivity index (χ0n) is 17.0. The number of ether oxygens (including phenoxy) is 2. The van der Waals surface area contributed by atoms with Crippen molar-refractivity contribution in [3.05, 3.63) is 102 Å². The first-order valence-corrected chi connectivity index (χ1v) is 10.1. The van der Waals surface area contributed by atoms with Crippen LogP contribution in [0.3, 0.4) is 0 Å². The lowest BCUT2D eigenvalue weighted by molar-refractivity contribution is 0.118. The van der Waals surface area contributed by atoms with E-state index in [0.717, 1.165) is 29.2 Å². The molecule has 1 aliphatic rings. The highest BCUT2D eigenvalue weighted by molar-refractivity contribution is 5.49. The minimum atomic E-state index is -0.681. The molecule has 0 fully saturated rings. The lowest BCUT2D eigenvalue weighted by atomic mass is 9.84. The largest absolute Gasteiger partial charge is 0.478 e. The molecule has 0 radical (unpaired) electrons. The first-order chi connectivity index (χ1) is 14.6. The third-order valence-corrected chi connectivity index (χ3v) is 5.27. The van der Waals surface area contributed by atoms with Crippen LogP contribution >= 0.6 is 0 Å². The minimum absolute atomic E-state index is 0.681. The smallest absolute Gasteiger partial charge is 0.159 e. The van der Waals surface area contributed by atoms with Gasteiger partial charge in [-0.05, 0) is 67.1 Å². The fourth-order valence-corrected chi connectivity index (χ4v) is 3.57. The topological polar surface area (TPSA) is 70.5 Å². The van der Waals surface area contributed by atoms with Crippen LogP contribution in [0.2, 0.25) is 0 Å². The van der Waals surface area contributed by atoms with E-state index in [1.54, 1.807) is 0 Å². The lowest BCUT2D eigenvalue weighted by Gasteiger charge is -2.35. The Morgan fingerprint density at radius 1 is 0.833 bits per heavy atom. The summed E-state index contributed by atoms with van der Waals surface area (Å²) in [7, 11) is 0. The van der Waals surface area contributed by atoms with Gasteiger partial charge >= 0.3 is 0 Å². The van der Waals surface area contributed by atoms with Crippen molar-refractivity contribution in [3.63, 3.8) is 0 Å². The molecule has 3 aromatic carbocycles. The average Bonchev–Trinajstić information content (AvgIpc) is 2.78. The fourth-order valence-electron chi connectivity index (χ4n) is 3.57. The zero-order valence-corrected chi connectivity index (χ0v) is 17.0. The average molecular weight is 399 g/mol. The molecule has 3 aromatic rings. The normalized spacial score (nSPS) is 18.0. The van der Waals surface area contributed by atoms with E-state index in [1.807, 2.05) is 66.7 Å². The highest BCUT2D eigenvalue weighted by Crippen LogP contribution is 2.42. The predicted molar refractivity (Wildman–Crippen MR) is 123 cm³/mol. The number of benzene rings is 3. The number of hydrogen-bond donors (Lipinski definition) is 2. The lowest BCUT2D eigenvalue weighted by Crippen LogP contribution is -2.32. The monoisotopic (exact) mass is 398 g/mol. The Morgan fingerprint density at radius 2 is 1.47 bits per heavy atom. The molecule has 4 N–H and O–H groups in total. The van der Waals surface area contributed by atoms with Crippen LogP contribution in [0, 0.1) is 0 Å². The maximum absolute atomic E-state index is 6.59. The molecule has 4 rings (SSSR count). The van der Waals surface area contributed by atoms with Gasteiger partial charge in [-0.3, -0.25) is 0 Å². The second-order valence-corrected chi connectivity index (χ2v) is 7.40. The summed E-state index contributed by atoms with van der Waals surface area (Å²) in [6.45, 7) is 2.15. The molecule has 0 spiro atoms. The van der Waals surface area contributed by atoms with E-state index in [1.165, 1.54) is 5.57 Å². The number of nitrogens with two attached hydrogens (primary N) is 2. The van der Waals surface area contributed by atoms with E-state index >= 15 is 0 Å². The van der Waals surface area contributed by atoms with Crippen molar-refractivity contribution in [1.29, 1.82) is 0 Å². The molecule has 152 valence electrons. The molecule has 0 aromatic heterocycles. The second-order valence-electron chi connectivity index (χ2n) is 7.40. The summed E-state index contributed by atoms with van der Waals surface area (Å²) in [5, 5.41) is 0. The standard InChI is InChI=1S/C26H26N2O2/c1-2-19-15-17-26(18-16-19,30-23-13-9-21(28)10-14-23)24-5-3-4-6-25(24)29-22-11-7-20(27)8-12-22/h3-17H,2,18,27-28H2,1H3. The van der Waals surface area contributed by atoms with Crippen LogP contribution < -0.4 is 20.9 Å². The number of rotatable bonds is 6. The Morgan fingerprint density at radius 3 is 2.07 bits per heavy atom. The molecular formula is C26H26N2O2. The molecule has 1 aliphatic carbocycles. The summed E-state index contributed by atoms with van der Waals surface area (Å²) in [5.74, 6) is 2.23. The molecule has 0 saturated heterocycles. The highest BCUT2D eigenvalue weighted by Gasteiger charge is 2.35. The number of para-hydroxylation sites is 1. The first-order valence-electron chi connectivity index (χ1n) is 10.1. The van der Waals surface area contributed by atoms with Crippen molar-refractivity contribution in [2.45, 2.75) is 25.4 Å². The third-order valence-electron chi connectivity index (χ3n) is 5.27. The number of anilines is 2. The molecule has 4 nitrogen and oxygen atoms in total. The third kappa shape index (κ3) is 4.18. The Bertz CT molecular complexity index is 1070. The van der Waals surface area contributed by atoms with Crippen LogP contribution in [0.1, 0.15) is 25.3 Å². The van der Waals surface area contributed by atoms with E-state index in [9.17, 15) is 0 Å². The van der Waals surface area contributed by atoms with Crippen LogP contribution in [0.5, 0.6) is 17.2 Å². The molecular weight excluding hydrogens is 372 g/mol. The molecule has 0 amide bonds. The quantitative estimate of drug-likeness (QED) is 0.484. The van der Waals surface area contributed by atoms with Gasteiger partial charge in [0.15, 0.2) is 5.60 Å². The van der Waals surface area contributed by atoms with Gasteiger partial charge in [0.1, 0.15) is 17.2 Å². The van der Waals surface area contributed by atoms with E-state index in [-0.39, 0.29) is 0 Å². The van der Waals surface area contributed by atoms with Crippen LogP contribution in [0.4, 0.5) is 11.4 Å². The van der Waals surface area contributed by atoms with Gasteiger partial charge in [-0.15, -0.1) is 0 Å². The maximum atomic E-state index is 6.59. The molecule has 1 unspecified atom stereocenters. The summed E-state index contributed by atoms with van der Waals surface area (Å²) in [6.07, 6.45) is 8.20. The maximum Gasteiger partial charge on any atom is 0.159 e. The van der Waals surface area contributed by atoms with Gasteiger partial charge in [0.05, 0.1) is 0 Å². The van der Waals surface area contributed by atoms with Gasteiger partial charge in [0.2, 0.25) is 0 Å². The Kier molecular flexibility index (Phi) is 5.48. The van der Waals surface area contributed by atoms with Crippen molar-refractivity contribution in [3.8, 4) is 17.2 Å². The Labute approximate surface area is 177 Å². The molecule has 0 saturated carbocycles. The first kappa shape index (κ1) is 19.6. The molecule has 0 bridgehead atoms.